The fraction of sp³-hybridized carbons (Fsp3) is 0.385. The van der Waals surface area contributed by atoms with Crippen molar-refractivity contribution < 1.29 is 34.3 Å². The molecular weight excluding hydrogens is 450 g/mol. The molecule has 2 saturated heterocycles. The van der Waals surface area contributed by atoms with Gasteiger partial charge in [-0.1, -0.05) is 18.2 Å². The standard InChI is InChI=1S/C26H27N3O6/c1-13-4-9-17-22(14(13)2)27-25(34)26(17)21-20(18(28-26)10-11-19(30)31)23(32)29(24(21)33)12-15-5-7-16(35-3)8-6-15/h4-9,18,20-21,28H,10-12H2,1-3H3,(H,27,34)(H,30,31)/t18-,20+,21-,26+/m0/s1. The fourth-order valence-electron chi connectivity index (χ4n) is 5.96. The second-order valence-electron chi connectivity index (χ2n) is 9.61. The lowest BCUT2D eigenvalue weighted by molar-refractivity contribution is -0.734. The van der Waals surface area contributed by atoms with Crippen LogP contribution in [-0.2, 0) is 31.3 Å². The van der Waals surface area contributed by atoms with E-state index < -0.39 is 35.3 Å². The van der Waals surface area contributed by atoms with Crippen LogP contribution in [-0.4, -0.2) is 41.7 Å². The zero-order valence-corrected chi connectivity index (χ0v) is 19.8. The van der Waals surface area contributed by atoms with Crippen molar-refractivity contribution in [1.82, 2.24) is 4.90 Å². The summed E-state index contributed by atoms with van der Waals surface area (Å²) in [5.74, 6) is -3.45. The number of hydrogen-bond donors (Lipinski definition) is 2. The lowest BCUT2D eigenvalue weighted by Crippen LogP contribution is -2.99. The Morgan fingerprint density at radius 1 is 1.11 bits per heavy atom. The monoisotopic (exact) mass is 477 g/mol. The smallest absolute Gasteiger partial charge is 0.291 e. The maximum atomic E-state index is 13.8. The predicted octanol–water partition coefficient (Wildman–Crippen LogP) is -0.263. The number of rotatable bonds is 6. The first-order valence-corrected chi connectivity index (χ1v) is 11.6. The number of carbonyl (C=O) groups is 4. The lowest BCUT2D eigenvalue weighted by Gasteiger charge is -2.26. The number of nitrogens with one attached hydrogen (secondary N) is 1. The Bertz CT molecular complexity index is 1260. The molecule has 0 radical (unpaired) electrons. The Morgan fingerprint density at radius 2 is 1.83 bits per heavy atom. The zero-order valence-electron chi connectivity index (χ0n) is 19.8. The molecule has 1 spiro atoms. The van der Waals surface area contributed by atoms with Crippen LogP contribution in [0.25, 0.3) is 0 Å². The van der Waals surface area contributed by atoms with Crippen LogP contribution < -0.4 is 20.5 Å². The average molecular weight is 478 g/mol. The number of quaternary nitrogens is 1. The first-order chi connectivity index (χ1) is 16.7. The van der Waals surface area contributed by atoms with E-state index in [0.717, 1.165) is 16.7 Å². The predicted molar refractivity (Wildman–Crippen MR) is 122 cm³/mol. The number of amides is 3. The summed E-state index contributed by atoms with van der Waals surface area (Å²) < 4.78 is 5.18. The van der Waals surface area contributed by atoms with E-state index in [1.165, 1.54) is 4.90 Å². The minimum absolute atomic E-state index is 0.0688. The van der Waals surface area contributed by atoms with Crippen LogP contribution in [0.15, 0.2) is 36.4 Å². The molecule has 182 valence electrons. The summed E-state index contributed by atoms with van der Waals surface area (Å²) in [5.41, 5.74) is 2.67. The summed E-state index contributed by atoms with van der Waals surface area (Å²) in [5, 5.41) is 15.9. The number of fused-ring (bicyclic) bond motifs is 4. The van der Waals surface area contributed by atoms with Gasteiger partial charge in [0.2, 0.25) is 17.4 Å². The van der Waals surface area contributed by atoms with Gasteiger partial charge in [0.1, 0.15) is 23.6 Å². The minimum atomic E-state index is -1.32. The van der Waals surface area contributed by atoms with Crippen LogP contribution in [0.5, 0.6) is 5.75 Å². The van der Waals surface area contributed by atoms with E-state index in [2.05, 4.69) is 5.32 Å². The van der Waals surface area contributed by atoms with E-state index in [-0.39, 0.29) is 31.2 Å². The summed E-state index contributed by atoms with van der Waals surface area (Å²) >= 11 is 0. The molecular formula is C26H27N3O6. The number of benzene rings is 2. The molecule has 4 atom stereocenters. The van der Waals surface area contributed by atoms with E-state index in [0.29, 0.717) is 17.0 Å². The van der Waals surface area contributed by atoms with Crippen molar-refractivity contribution in [2.75, 3.05) is 12.4 Å². The third-order valence-corrected chi connectivity index (χ3v) is 7.85. The minimum Gasteiger partial charge on any atom is -0.550 e. The number of imide groups is 1. The number of aryl methyl sites for hydroxylation is 1. The summed E-state index contributed by atoms with van der Waals surface area (Å²) in [6.07, 6.45) is -0.143. The first-order valence-electron chi connectivity index (χ1n) is 11.6. The highest BCUT2D eigenvalue weighted by atomic mass is 16.5. The van der Waals surface area contributed by atoms with E-state index >= 15 is 0 Å². The molecule has 3 N–H and O–H groups in total. The van der Waals surface area contributed by atoms with Gasteiger partial charge in [-0.25, -0.2) is 0 Å². The van der Waals surface area contributed by atoms with Gasteiger partial charge in [0.05, 0.1) is 19.3 Å². The molecule has 35 heavy (non-hydrogen) atoms. The van der Waals surface area contributed by atoms with Crippen molar-refractivity contribution in [3.05, 3.63) is 58.7 Å². The molecule has 3 amide bonds. The number of nitrogens with two attached hydrogens (primary N) is 1. The van der Waals surface area contributed by atoms with E-state index in [1.54, 1.807) is 36.7 Å². The lowest BCUT2D eigenvalue weighted by atomic mass is 9.76. The summed E-state index contributed by atoms with van der Waals surface area (Å²) in [7, 11) is 1.56. The van der Waals surface area contributed by atoms with E-state index in [4.69, 9.17) is 4.74 Å². The Hall–Kier alpha value is -3.72. The number of carboxylic acid groups (broad SMARTS) is 1. The number of likely N-dealkylation sites (tertiary alicyclic amines) is 1. The number of methoxy groups -OCH3 is 1. The van der Waals surface area contributed by atoms with Crippen molar-refractivity contribution in [2.24, 2.45) is 11.8 Å². The molecule has 2 aromatic carbocycles. The number of anilines is 1. The van der Waals surface area contributed by atoms with E-state index in [1.807, 2.05) is 26.0 Å². The topological polar surface area (TPSA) is 132 Å². The normalized spacial score (nSPS) is 26.8. The van der Waals surface area contributed by atoms with Crippen LogP contribution in [0, 0.1) is 25.7 Å². The Morgan fingerprint density at radius 3 is 2.49 bits per heavy atom. The molecule has 2 fully saturated rings. The van der Waals surface area contributed by atoms with Crippen LogP contribution >= 0.6 is 0 Å². The van der Waals surface area contributed by atoms with Gasteiger partial charge >= 0.3 is 0 Å². The molecule has 5 rings (SSSR count). The molecule has 3 aliphatic rings. The van der Waals surface area contributed by atoms with Crippen LogP contribution in [0.2, 0.25) is 0 Å². The third-order valence-electron chi connectivity index (χ3n) is 7.85. The Balaban J connectivity index is 1.57. The van der Waals surface area contributed by atoms with Crippen LogP contribution in [0.3, 0.4) is 0 Å². The highest BCUT2D eigenvalue weighted by molar-refractivity contribution is 6.14. The van der Waals surface area contributed by atoms with Gasteiger partial charge in [0, 0.05) is 18.0 Å². The van der Waals surface area contributed by atoms with E-state index in [9.17, 15) is 24.3 Å². The maximum Gasteiger partial charge on any atom is 0.291 e. The molecule has 9 heteroatoms. The quantitative estimate of drug-likeness (QED) is 0.551. The molecule has 0 saturated carbocycles. The van der Waals surface area contributed by atoms with Crippen molar-refractivity contribution in [2.45, 2.75) is 44.8 Å². The molecule has 0 bridgehead atoms. The second-order valence-corrected chi connectivity index (χ2v) is 9.61. The van der Waals surface area contributed by atoms with Crippen LogP contribution in [0.4, 0.5) is 5.69 Å². The fourth-order valence-corrected chi connectivity index (χ4v) is 5.96. The van der Waals surface area contributed by atoms with Crippen molar-refractivity contribution in [3.8, 4) is 5.75 Å². The SMILES string of the molecule is COc1ccc(CN2C(=O)[C@@H]3[C@H](CCC(=O)[O-])[NH2+][C@@]4(C(=O)Nc5c4ccc(C)c5C)[C@@H]3C2=O)cc1. The zero-order chi connectivity index (χ0) is 25.1. The van der Waals surface area contributed by atoms with Gasteiger partial charge in [-0.2, -0.15) is 0 Å². The average Bonchev–Trinajstić information content (AvgIpc) is 3.41. The van der Waals surface area contributed by atoms with Crippen molar-refractivity contribution in [3.63, 3.8) is 0 Å². The van der Waals surface area contributed by atoms with Gasteiger partial charge in [-0.15, -0.1) is 0 Å². The van der Waals surface area contributed by atoms with Gasteiger partial charge in [-0.3, -0.25) is 19.3 Å². The number of aliphatic carboxylic acids is 1. The Kier molecular flexibility index (Phi) is 5.40. The highest BCUT2D eigenvalue weighted by Crippen LogP contribution is 2.50. The highest BCUT2D eigenvalue weighted by Gasteiger charge is 2.74. The number of carboxylic acids is 1. The molecule has 3 heterocycles. The Labute approximate surface area is 202 Å². The number of ether oxygens (including phenoxy) is 1. The molecule has 0 aliphatic carbocycles. The summed E-state index contributed by atoms with van der Waals surface area (Å²) in [6.45, 7) is 3.92. The van der Waals surface area contributed by atoms with Gasteiger partial charge < -0.3 is 25.3 Å². The van der Waals surface area contributed by atoms with Gasteiger partial charge in [0.25, 0.3) is 5.91 Å². The summed E-state index contributed by atoms with van der Waals surface area (Å²) in [6, 6.07) is 10.3. The van der Waals surface area contributed by atoms with Crippen molar-refractivity contribution >= 4 is 29.4 Å². The number of carbonyl (C=O) groups excluding carboxylic acids is 4. The van der Waals surface area contributed by atoms with Gasteiger partial charge in [-0.05, 0) is 55.2 Å². The van der Waals surface area contributed by atoms with Crippen LogP contribution in [0.1, 0.15) is 35.1 Å². The first kappa shape index (κ1) is 23.0. The molecule has 0 aromatic heterocycles. The van der Waals surface area contributed by atoms with Gasteiger partial charge in [0.15, 0.2) is 0 Å². The number of nitrogens with zero attached hydrogens (tertiary/aromatic N) is 1. The second kappa shape index (κ2) is 8.20. The number of hydrogen-bond acceptors (Lipinski definition) is 6. The maximum absolute atomic E-state index is 13.8. The largest absolute Gasteiger partial charge is 0.550 e. The molecule has 3 aliphatic heterocycles. The molecule has 0 unspecified atom stereocenters. The molecule has 2 aromatic rings. The molecule has 9 nitrogen and oxygen atoms in total. The van der Waals surface area contributed by atoms with Crippen molar-refractivity contribution in [1.29, 1.82) is 0 Å². The summed E-state index contributed by atoms with van der Waals surface area (Å²) in [4.78, 5) is 53.5. The third kappa shape index (κ3) is 3.33.